The van der Waals surface area contributed by atoms with Crippen LogP contribution in [0.2, 0.25) is 0 Å². The minimum absolute atomic E-state index is 0.0339. The fourth-order valence-electron chi connectivity index (χ4n) is 1.52. The van der Waals surface area contributed by atoms with Crippen LogP contribution >= 0.6 is 0 Å². The monoisotopic (exact) mass is 200 g/mol. The normalized spacial score (nSPS) is 18.4. The Balaban J connectivity index is 2.56. The van der Waals surface area contributed by atoms with Crippen molar-refractivity contribution in [3.05, 3.63) is 0 Å². The molecule has 1 atom stereocenters. The van der Waals surface area contributed by atoms with Crippen LogP contribution < -0.4 is 5.32 Å². The van der Waals surface area contributed by atoms with Crippen molar-refractivity contribution in [2.75, 3.05) is 20.1 Å². The van der Waals surface area contributed by atoms with E-state index in [0.29, 0.717) is 19.5 Å². The molecule has 5 heteroatoms. The Morgan fingerprint density at radius 2 is 2.14 bits per heavy atom. The van der Waals surface area contributed by atoms with Crippen LogP contribution in [0.5, 0.6) is 0 Å². The molecule has 0 aliphatic carbocycles. The molecule has 0 saturated carbocycles. The van der Waals surface area contributed by atoms with Crippen molar-refractivity contribution in [1.29, 1.82) is 0 Å². The highest BCUT2D eigenvalue weighted by Gasteiger charge is 2.32. The lowest BCUT2D eigenvalue weighted by Crippen LogP contribution is -2.54. The van der Waals surface area contributed by atoms with Crippen molar-refractivity contribution in [3.63, 3.8) is 0 Å². The minimum atomic E-state index is -0.935. The second-order valence-corrected chi connectivity index (χ2v) is 3.57. The van der Waals surface area contributed by atoms with Gasteiger partial charge in [-0.1, -0.05) is 6.92 Å². The molecule has 1 amide bonds. The maximum absolute atomic E-state index is 11.7. The van der Waals surface area contributed by atoms with Crippen molar-refractivity contribution in [2.45, 2.75) is 19.4 Å². The fraction of sp³-hybridized carbons (Fsp3) is 0.778. The molecule has 1 heterocycles. The van der Waals surface area contributed by atoms with E-state index in [1.54, 1.807) is 14.0 Å². The molecule has 0 spiro atoms. The molecule has 0 bridgehead atoms. The first-order valence-electron chi connectivity index (χ1n) is 4.78. The number of carboxylic acids is 1. The predicted molar refractivity (Wildman–Crippen MR) is 50.8 cm³/mol. The number of carboxylic acid groups (broad SMARTS) is 1. The highest BCUT2D eigenvalue weighted by Crippen LogP contribution is 2.11. The summed E-state index contributed by atoms with van der Waals surface area (Å²) in [5, 5.41) is 11.8. The Hall–Kier alpha value is -1.10. The summed E-state index contributed by atoms with van der Waals surface area (Å²) in [5.41, 5.74) is 0. The van der Waals surface area contributed by atoms with E-state index in [1.165, 1.54) is 4.90 Å². The van der Waals surface area contributed by atoms with Crippen LogP contribution in [0.15, 0.2) is 0 Å². The van der Waals surface area contributed by atoms with Crippen molar-refractivity contribution in [2.24, 2.45) is 5.92 Å². The quantitative estimate of drug-likeness (QED) is 0.643. The summed E-state index contributed by atoms with van der Waals surface area (Å²) in [6.45, 7) is 3.10. The van der Waals surface area contributed by atoms with Crippen LogP contribution in [0.1, 0.15) is 13.3 Å². The van der Waals surface area contributed by atoms with E-state index in [0.717, 1.165) is 0 Å². The number of rotatable bonds is 4. The summed E-state index contributed by atoms with van der Waals surface area (Å²) in [7, 11) is 1.56. The largest absolute Gasteiger partial charge is 0.480 e. The van der Waals surface area contributed by atoms with Gasteiger partial charge in [0.2, 0.25) is 5.91 Å². The van der Waals surface area contributed by atoms with E-state index in [-0.39, 0.29) is 11.8 Å². The zero-order valence-electron chi connectivity index (χ0n) is 8.49. The number of aliphatic carboxylic acids is 1. The Labute approximate surface area is 83.1 Å². The van der Waals surface area contributed by atoms with Crippen molar-refractivity contribution in [1.82, 2.24) is 10.2 Å². The van der Waals surface area contributed by atoms with Crippen LogP contribution in [0.4, 0.5) is 0 Å². The summed E-state index contributed by atoms with van der Waals surface area (Å²) in [4.78, 5) is 23.8. The Bertz CT molecular complexity index is 238. The van der Waals surface area contributed by atoms with Crippen LogP contribution in [0.3, 0.4) is 0 Å². The molecule has 0 aromatic carbocycles. The molecule has 80 valence electrons. The first-order chi connectivity index (χ1) is 6.57. The average Bonchev–Trinajstić information content (AvgIpc) is 2.01. The molecule has 0 aromatic rings. The second kappa shape index (κ2) is 4.41. The molecule has 5 nitrogen and oxygen atoms in total. The third kappa shape index (κ3) is 2.04. The number of nitrogens with zero attached hydrogens (tertiary/aromatic N) is 1. The molecule has 14 heavy (non-hydrogen) atoms. The van der Waals surface area contributed by atoms with Crippen LogP contribution in [0.25, 0.3) is 0 Å². The van der Waals surface area contributed by atoms with Gasteiger partial charge >= 0.3 is 5.97 Å². The van der Waals surface area contributed by atoms with E-state index in [2.05, 4.69) is 5.32 Å². The number of nitrogens with one attached hydrogen (secondary N) is 1. The average molecular weight is 200 g/mol. The number of carbonyl (C=O) groups is 2. The number of carbonyl (C=O) groups excluding carboxylic acids is 1. The van der Waals surface area contributed by atoms with Crippen molar-refractivity contribution >= 4 is 11.9 Å². The van der Waals surface area contributed by atoms with Gasteiger partial charge in [0, 0.05) is 20.1 Å². The second-order valence-electron chi connectivity index (χ2n) is 3.57. The van der Waals surface area contributed by atoms with Crippen LogP contribution in [-0.2, 0) is 9.59 Å². The highest BCUT2D eigenvalue weighted by atomic mass is 16.4. The third-order valence-corrected chi connectivity index (χ3v) is 2.62. The minimum Gasteiger partial charge on any atom is -0.480 e. The fourth-order valence-corrected chi connectivity index (χ4v) is 1.52. The van der Waals surface area contributed by atoms with Gasteiger partial charge in [-0.15, -0.1) is 0 Å². The number of amides is 1. The first kappa shape index (κ1) is 11.0. The lowest BCUT2D eigenvalue weighted by atomic mass is 10.0. The lowest BCUT2D eigenvalue weighted by Gasteiger charge is -2.32. The zero-order chi connectivity index (χ0) is 10.7. The third-order valence-electron chi connectivity index (χ3n) is 2.62. The molecular formula is C9H16N2O3. The van der Waals surface area contributed by atoms with E-state index >= 15 is 0 Å². The summed E-state index contributed by atoms with van der Waals surface area (Å²) in [6, 6.07) is -0.692. The topological polar surface area (TPSA) is 69.6 Å². The van der Waals surface area contributed by atoms with Gasteiger partial charge in [-0.05, 0) is 6.42 Å². The first-order valence-corrected chi connectivity index (χ1v) is 4.78. The van der Waals surface area contributed by atoms with Gasteiger partial charge in [0.15, 0.2) is 0 Å². The number of hydrogen-bond donors (Lipinski definition) is 2. The van der Waals surface area contributed by atoms with E-state index in [1.807, 2.05) is 0 Å². The molecule has 1 saturated heterocycles. The van der Waals surface area contributed by atoms with E-state index in [4.69, 9.17) is 5.11 Å². The molecule has 1 rings (SSSR count). The Morgan fingerprint density at radius 3 is 2.43 bits per heavy atom. The standard InChI is InChI=1S/C9H16N2O3/c1-3-7(9(13)14)11(2)8(12)6-4-10-5-6/h6-7,10H,3-5H2,1-2H3,(H,13,14). The highest BCUT2D eigenvalue weighted by molar-refractivity contribution is 5.85. The molecule has 1 fully saturated rings. The van der Waals surface area contributed by atoms with Crippen molar-refractivity contribution < 1.29 is 14.7 Å². The summed E-state index contributed by atoms with van der Waals surface area (Å²) in [6.07, 6.45) is 0.442. The van der Waals surface area contributed by atoms with Crippen LogP contribution in [0, 0.1) is 5.92 Å². The smallest absolute Gasteiger partial charge is 0.326 e. The van der Waals surface area contributed by atoms with Gasteiger partial charge in [0.1, 0.15) is 6.04 Å². The summed E-state index contributed by atoms with van der Waals surface area (Å²) >= 11 is 0. The SMILES string of the molecule is CCC(C(=O)O)N(C)C(=O)C1CNC1. The molecule has 1 unspecified atom stereocenters. The Morgan fingerprint density at radius 1 is 1.57 bits per heavy atom. The molecule has 2 N–H and O–H groups in total. The van der Waals surface area contributed by atoms with Gasteiger partial charge in [-0.25, -0.2) is 4.79 Å². The number of likely N-dealkylation sites (N-methyl/N-ethyl adjacent to an activating group) is 1. The van der Waals surface area contributed by atoms with Crippen LogP contribution in [-0.4, -0.2) is 48.1 Å². The van der Waals surface area contributed by atoms with Crippen molar-refractivity contribution in [3.8, 4) is 0 Å². The number of hydrogen-bond acceptors (Lipinski definition) is 3. The lowest BCUT2D eigenvalue weighted by molar-refractivity contribution is -0.151. The van der Waals surface area contributed by atoms with E-state index in [9.17, 15) is 9.59 Å². The van der Waals surface area contributed by atoms with Gasteiger partial charge in [0.05, 0.1) is 5.92 Å². The Kier molecular flexibility index (Phi) is 3.46. The molecule has 0 radical (unpaired) electrons. The predicted octanol–water partition coefficient (Wildman–Crippen LogP) is -0.473. The van der Waals surface area contributed by atoms with Gasteiger partial charge < -0.3 is 15.3 Å². The van der Waals surface area contributed by atoms with Gasteiger partial charge in [-0.2, -0.15) is 0 Å². The molecular weight excluding hydrogens is 184 g/mol. The molecule has 0 aromatic heterocycles. The molecule has 1 aliphatic rings. The summed E-state index contributed by atoms with van der Waals surface area (Å²) in [5.74, 6) is -1.04. The van der Waals surface area contributed by atoms with Gasteiger partial charge in [-0.3, -0.25) is 4.79 Å². The maximum Gasteiger partial charge on any atom is 0.326 e. The molecule has 1 aliphatic heterocycles. The maximum atomic E-state index is 11.7. The zero-order valence-corrected chi connectivity index (χ0v) is 8.49. The van der Waals surface area contributed by atoms with Gasteiger partial charge in [0.25, 0.3) is 0 Å². The summed E-state index contributed by atoms with van der Waals surface area (Å²) < 4.78 is 0. The van der Waals surface area contributed by atoms with E-state index < -0.39 is 12.0 Å².